The number of ether oxygens (including phenoxy) is 2. The number of methoxy groups -OCH3 is 2. The van der Waals surface area contributed by atoms with E-state index in [-0.39, 0.29) is 34.4 Å². The van der Waals surface area contributed by atoms with Crippen molar-refractivity contribution >= 4 is 34.4 Å². The molecule has 0 aliphatic heterocycles. The standard InChI is InChI=1S/C16H19N3O3.C15H15ClN2O3/c1-17-8-7-11-3-5-14(16(9-11)22-2)19-18-13-6-4-12(20)10-15(13)21;1-21-15-8-10(6-7-16)2-4-13(15)18-17-12-5-3-11(19)9-14(12)20/h3-6,9-10,17,20-21H,7-8H2,1-2H3;2-5,8-9,19-20H,6-7H2,1H3. The Hall–Kier alpha value is -4.87. The van der Waals surface area contributed by atoms with Crippen LogP contribution in [0.3, 0.4) is 0 Å². The van der Waals surface area contributed by atoms with Crippen molar-refractivity contribution in [3.05, 3.63) is 83.9 Å². The van der Waals surface area contributed by atoms with E-state index in [0.29, 0.717) is 28.8 Å². The number of phenols is 4. The van der Waals surface area contributed by atoms with Crippen molar-refractivity contribution in [2.24, 2.45) is 20.5 Å². The molecule has 0 fully saturated rings. The molecule has 0 saturated carbocycles. The van der Waals surface area contributed by atoms with Crippen LogP contribution in [0, 0.1) is 0 Å². The molecule has 0 aliphatic carbocycles. The number of aromatic hydroxyl groups is 4. The van der Waals surface area contributed by atoms with Gasteiger partial charge in [0.15, 0.2) is 0 Å². The molecule has 0 heterocycles. The topological polar surface area (TPSA) is 161 Å². The smallest absolute Gasteiger partial charge is 0.146 e. The molecule has 0 amide bonds. The Morgan fingerprint density at radius 2 is 1.02 bits per heavy atom. The lowest BCUT2D eigenvalue weighted by atomic mass is 10.1. The third-order valence-electron chi connectivity index (χ3n) is 5.98. The number of nitrogens with one attached hydrogen (secondary N) is 1. The van der Waals surface area contributed by atoms with Gasteiger partial charge in [0.1, 0.15) is 57.2 Å². The van der Waals surface area contributed by atoms with Crippen LogP contribution >= 0.6 is 11.6 Å². The molecular weight excluding hydrogens is 574 g/mol. The molecule has 4 aromatic rings. The van der Waals surface area contributed by atoms with Gasteiger partial charge in [-0.2, -0.15) is 0 Å². The first-order chi connectivity index (χ1) is 20.8. The minimum atomic E-state index is -0.142. The van der Waals surface area contributed by atoms with Gasteiger partial charge < -0.3 is 35.2 Å². The molecule has 11 nitrogen and oxygen atoms in total. The second-order valence-electron chi connectivity index (χ2n) is 9.05. The van der Waals surface area contributed by atoms with Crippen LogP contribution in [0.25, 0.3) is 0 Å². The number of alkyl halides is 1. The Labute approximate surface area is 254 Å². The second-order valence-corrected chi connectivity index (χ2v) is 9.43. The lowest BCUT2D eigenvalue weighted by Crippen LogP contribution is -2.10. The van der Waals surface area contributed by atoms with Crippen molar-refractivity contribution in [2.45, 2.75) is 12.8 Å². The monoisotopic (exact) mass is 607 g/mol. The highest BCUT2D eigenvalue weighted by Crippen LogP contribution is 2.35. The number of likely N-dealkylation sites (N-methyl/N-ethyl adjacent to an activating group) is 1. The maximum Gasteiger partial charge on any atom is 0.146 e. The van der Waals surface area contributed by atoms with E-state index in [1.54, 1.807) is 20.3 Å². The SMILES string of the molecule is CNCCc1ccc(N=Nc2ccc(O)cc2O)c(OC)c1.COc1cc(CCCl)ccc1N=Nc1ccc(O)cc1O. The summed E-state index contributed by atoms with van der Waals surface area (Å²) < 4.78 is 10.6. The highest BCUT2D eigenvalue weighted by molar-refractivity contribution is 6.18. The summed E-state index contributed by atoms with van der Waals surface area (Å²) in [7, 11) is 5.04. The van der Waals surface area contributed by atoms with Gasteiger partial charge in [-0.25, -0.2) is 0 Å². The van der Waals surface area contributed by atoms with Gasteiger partial charge in [0.25, 0.3) is 0 Å². The molecule has 0 spiro atoms. The molecule has 4 rings (SSSR count). The normalized spacial score (nSPS) is 11.0. The summed E-state index contributed by atoms with van der Waals surface area (Å²) in [5.74, 6) is 1.41. The van der Waals surface area contributed by atoms with Gasteiger partial charge in [0.05, 0.1) is 14.2 Å². The summed E-state index contributed by atoms with van der Waals surface area (Å²) in [4.78, 5) is 0. The average molecular weight is 608 g/mol. The van der Waals surface area contributed by atoms with Crippen molar-refractivity contribution < 1.29 is 29.9 Å². The first-order valence-electron chi connectivity index (χ1n) is 13.2. The predicted molar refractivity (Wildman–Crippen MR) is 166 cm³/mol. The molecule has 4 aromatic carbocycles. The van der Waals surface area contributed by atoms with Crippen LogP contribution in [0.2, 0.25) is 0 Å². The van der Waals surface area contributed by atoms with E-state index >= 15 is 0 Å². The Kier molecular flexibility index (Phi) is 12.6. The van der Waals surface area contributed by atoms with E-state index in [0.717, 1.165) is 30.5 Å². The Balaban J connectivity index is 0.000000236. The minimum absolute atomic E-state index is 0.0251. The maximum absolute atomic E-state index is 9.69. The molecular formula is C31H34ClN5O6. The molecule has 0 aliphatic rings. The van der Waals surface area contributed by atoms with Crippen LogP contribution in [0.5, 0.6) is 34.5 Å². The van der Waals surface area contributed by atoms with Crippen LogP contribution in [0.1, 0.15) is 11.1 Å². The van der Waals surface area contributed by atoms with Gasteiger partial charge in [0, 0.05) is 18.0 Å². The number of aryl methyl sites for hydroxylation is 1. The zero-order valence-corrected chi connectivity index (χ0v) is 24.8. The summed E-state index contributed by atoms with van der Waals surface area (Å²) in [5.41, 5.74) is 3.84. The van der Waals surface area contributed by atoms with Crippen LogP contribution < -0.4 is 14.8 Å². The van der Waals surface area contributed by atoms with E-state index < -0.39 is 0 Å². The third kappa shape index (κ3) is 9.87. The van der Waals surface area contributed by atoms with Crippen molar-refractivity contribution in [1.29, 1.82) is 0 Å². The first kappa shape index (κ1) is 32.6. The number of benzene rings is 4. The number of rotatable bonds is 11. The summed E-state index contributed by atoms with van der Waals surface area (Å²) in [5, 5.41) is 57.0. The summed E-state index contributed by atoms with van der Waals surface area (Å²) in [6.45, 7) is 0.880. The molecule has 0 radical (unpaired) electrons. The summed E-state index contributed by atoms with van der Waals surface area (Å²) in [6.07, 6.45) is 1.64. The molecule has 12 heteroatoms. The lowest BCUT2D eigenvalue weighted by molar-refractivity contribution is 0.415. The Morgan fingerprint density at radius 1 is 0.605 bits per heavy atom. The second kappa shape index (κ2) is 16.5. The van der Waals surface area contributed by atoms with E-state index in [9.17, 15) is 20.4 Å². The molecule has 0 atom stereocenters. The van der Waals surface area contributed by atoms with Crippen molar-refractivity contribution in [1.82, 2.24) is 5.32 Å². The largest absolute Gasteiger partial charge is 0.508 e. The van der Waals surface area contributed by atoms with E-state index in [2.05, 4.69) is 25.8 Å². The molecule has 0 unspecified atom stereocenters. The van der Waals surface area contributed by atoms with Crippen LogP contribution in [-0.2, 0) is 12.8 Å². The number of hydrogen-bond donors (Lipinski definition) is 5. The molecule has 226 valence electrons. The Bertz CT molecular complexity index is 1560. The number of nitrogens with zero attached hydrogens (tertiary/aromatic N) is 4. The van der Waals surface area contributed by atoms with Gasteiger partial charge >= 0.3 is 0 Å². The van der Waals surface area contributed by atoms with Crippen LogP contribution in [0.4, 0.5) is 22.7 Å². The van der Waals surface area contributed by atoms with Gasteiger partial charge in [-0.3, -0.25) is 0 Å². The zero-order valence-electron chi connectivity index (χ0n) is 24.0. The fourth-order valence-corrected chi connectivity index (χ4v) is 3.93. The molecule has 0 aromatic heterocycles. The fourth-order valence-electron chi connectivity index (χ4n) is 3.71. The van der Waals surface area contributed by atoms with Crippen molar-refractivity contribution in [3.63, 3.8) is 0 Å². The minimum Gasteiger partial charge on any atom is -0.508 e. The van der Waals surface area contributed by atoms with Gasteiger partial charge in [0.2, 0.25) is 0 Å². The highest BCUT2D eigenvalue weighted by Gasteiger charge is 2.07. The molecule has 0 bridgehead atoms. The van der Waals surface area contributed by atoms with Crippen LogP contribution in [-0.4, -0.2) is 54.1 Å². The third-order valence-corrected chi connectivity index (χ3v) is 6.17. The van der Waals surface area contributed by atoms with Crippen LogP contribution in [0.15, 0.2) is 93.3 Å². The number of hydrogen-bond acceptors (Lipinski definition) is 11. The number of azo groups is 2. The van der Waals surface area contributed by atoms with Gasteiger partial charge in [-0.15, -0.1) is 32.1 Å². The maximum atomic E-state index is 9.69. The number of halogens is 1. The lowest BCUT2D eigenvalue weighted by Gasteiger charge is -2.07. The number of phenolic OH excluding ortho intramolecular Hbond substituents is 4. The van der Waals surface area contributed by atoms with Crippen molar-refractivity contribution in [3.8, 4) is 34.5 Å². The van der Waals surface area contributed by atoms with E-state index in [1.165, 1.54) is 36.4 Å². The quantitative estimate of drug-likeness (QED) is 0.0866. The molecule has 5 N–H and O–H groups in total. The van der Waals surface area contributed by atoms with Gasteiger partial charge in [-0.05, 0) is 86.1 Å². The highest BCUT2D eigenvalue weighted by atomic mass is 35.5. The average Bonchev–Trinajstić information content (AvgIpc) is 3.00. The first-order valence-corrected chi connectivity index (χ1v) is 13.7. The molecule has 43 heavy (non-hydrogen) atoms. The summed E-state index contributed by atoms with van der Waals surface area (Å²) in [6, 6.07) is 19.5. The van der Waals surface area contributed by atoms with Crippen molar-refractivity contribution in [2.75, 3.05) is 33.7 Å². The van der Waals surface area contributed by atoms with E-state index in [1.807, 2.05) is 37.4 Å². The van der Waals surface area contributed by atoms with Gasteiger partial charge in [-0.1, -0.05) is 12.1 Å². The van der Waals surface area contributed by atoms with E-state index in [4.69, 9.17) is 21.1 Å². The fraction of sp³-hybridized carbons (Fsp3) is 0.226. The zero-order chi connectivity index (χ0) is 31.2. The summed E-state index contributed by atoms with van der Waals surface area (Å²) >= 11 is 5.71. The predicted octanol–water partition coefficient (Wildman–Crippen LogP) is 7.59. The Morgan fingerprint density at radius 3 is 1.42 bits per heavy atom. The molecule has 0 saturated heterocycles.